The molecule has 1 aliphatic carbocycles. The zero-order chi connectivity index (χ0) is 10.3. The number of nitrogens with zero attached hydrogens (tertiary/aromatic N) is 1. The van der Waals surface area contributed by atoms with Crippen molar-refractivity contribution in [1.82, 2.24) is 4.57 Å². The van der Waals surface area contributed by atoms with E-state index in [1.54, 1.807) is 0 Å². The minimum absolute atomic E-state index is 0.343. The van der Waals surface area contributed by atoms with E-state index in [-0.39, 0.29) is 0 Å². The molecule has 1 aromatic heterocycles. The van der Waals surface area contributed by atoms with Gasteiger partial charge in [-0.3, -0.25) is 0 Å². The highest BCUT2D eigenvalue weighted by molar-refractivity contribution is 5.38. The number of aryl methyl sites for hydroxylation is 1. The summed E-state index contributed by atoms with van der Waals surface area (Å²) in [6, 6.07) is 2.33. The van der Waals surface area contributed by atoms with Gasteiger partial charge in [0.25, 0.3) is 0 Å². The van der Waals surface area contributed by atoms with Crippen LogP contribution < -0.4 is 5.73 Å². The van der Waals surface area contributed by atoms with Crippen LogP contribution in [0.2, 0.25) is 0 Å². The third kappa shape index (κ3) is 1.21. The zero-order valence-electron chi connectivity index (χ0n) is 9.43. The number of hydrogen-bond acceptors (Lipinski definition) is 1. The van der Waals surface area contributed by atoms with Crippen LogP contribution in [-0.4, -0.2) is 11.1 Å². The van der Waals surface area contributed by atoms with Gasteiger partial charge in [0.05, 0.1) is 0 Å². The molecular formula is C12H20N2. The van der Waals surface area contributed by atoms with Gasteiger partial charge in [0.2, 0.25) is 0 Å². The maximum atomic E-state index is 5.86. The average Bonchev–Trinajstić information content (AvgIpc) is 2.90. The van der Waals surface area contributed by atoms with Crippen molar-refractivity contribution in [2.24, 2.45) is 5.73 Å². The molecule has 1 aromatic rings. The summed E-state index contributed by atoms with van der Waals surface area (Å²) in [4.78, 5) is 0. The van der Waals surface area contributed by atoms with Gasteiger partial charge in [-0.05, 0) is 45.2 Å². The molecule has 14 heavy (non-hydrogen) atoms. The van der Waals surface area contributed by atoms with Crippen molar-refractivity contribution in [3.05, 3.63) is 23.0 Å². The SMILES string of the molecule is CCn1c(C)cc(C2(CN)CC2)c1C. The van der Waals surface area contributed by atoms with Gasteiger partial charge in [0.15, 0.2) is 0 Å². The van der Waals surface area contributed by atoms with Crippen LogP contribution in [0.1, 0.15) is 36.7 Å². The molecule has 78 valence electrons. The van der Waals surface area contributed by atoms with E-state index >= 15 is 0 Å². The molecule has 0 saturated heterocycles. The summed E-state index contributed by atoms with van der Waals surface area (Å²) < 4.78 is 2.38. The molecule has 0 radical (unpaired) electrons. The fourth-order valence-corrected chi connectivity index (χ4v) is 2.56. The Labute approximate surface area is 86.1 Å². The topological polar surface area (TPSA) is 30.9 Å². The minimum Gasteiger partial charge on any atom is -0.349 e. The molecule has 0 amide bonds. The summed E-state index contributed by atoms with van der Waals surface area (Å²) in [6.07, 6.45) is 2.55. The highest BCUT2D eigenvalue weighted by Gasteiger charge is 2.44. The Morgan fingerprint density at radius 3 is 2.43 bits per heavy atom. The van der Waals surface area contributed by atoms with Crippen LogP contribution in [0, 0.1) is 13.8 Å². The Morgan fingerprint density at radius 1 is 1.43 bits per heavy atom. The highest BCUT2D eigenvalue weighted by atomic mass is 15.0. The highest BCUT2D eigenvalue weighted by Crippen LogP contribution is 2.49. The van der Waals surface area contributed by atoms with E-state index in [2.05, 4.69) is 31.4 Å². The van der Waals surface area contributed by atoms with E-state index in [4.69, 9.17) is 5.73 Å². The first-order valence-electron chi connectivity index (χ1n) is 5.52. The fraction of sp³-hybridized carbons (Fsp3) is 0.667. The van der Waals surface area contributed by atoms with Gasteiger partial charge in [-0.25, -0.2) is 0 Å². The summed E-state index contributed by atoms with van der Waals surface area (Å²) in [5.41, 5.74) is 10.5. The van der Waals surface area contributed by atoms with Gasteiger partial charge >= 0.3 is 0 Å². The van der Waals surface area contributed by atoms with Gasteiger partial charge in [0.1, 0.15) is 0 Å². The number of hydrogen-bond donors (Lipinski definition) is 1. The number of aromatic nitrogens is 1. The second kappa shape index (κ2) is 3.13. The Balaban J connectivity index is 2.45. The monoisotopic (exact) mass is 192 g/mol. The van der Waals surface area contributed by atoms with Crippen molar-refractivity contribution in [3.8, 4) is 0 Å². The largest absolute Gasteiger partial charge is 0.349 e. The molecule has 2 heteroatoms. The molecule has 2 N–H and O–H groups in total. The first kappa shape index (κ1) is 9.78. The second-order valence-electron chi connectivity index (χ2n) is 4.51. The summed E-state index contributed by atoms with van der Waals surface area (Å²) in [5, 5.41) is 0. The van der Waals surface area contributed by atoms with Crippen molar-refractivity contribution in [3.63, 3.8) is 0 Å². The van der Waals surface area contributed by atoms with Crippen LogP contribution in [0.15, 0.2) is 6.07 Å². The molecule has 0 aliphatic heterocycles. The van der Waals surface area contributed by atoms with Crippen LogP contribution in [0.25, 0.3) is 0 Å². The lowest BCUT2D eigenvalue weighted by Crippen LogP contribution is -2.20. The normalized spacial score (nSPS) is 18.6. The van der Waals surface area contributed by atoms with Crippen molar-refractivity contribution in [1.29, 1.82) is 0 Å². The van der Waals surface area contributed by atoms with Gasteiger partial charge in [-0.15, -0.1) is 0 Å². The predicted octanol–water partition coefficient (Wildman–Crippen LogP) is 2.12. The van der Waals surface area contributed by atoms with Crippen LogP contribution in [0.5, 0.6) is 0 Å². The van der Waals surface area contributed by atoms with Gasteiger partial charge < -0.3 is 10.3 Å². The number of rotatable bonds is 3. The summed E-state index contributed by atoms with van der Waals surface area (Å²) in [7, 11) is 0. The molecule has 0 atom stereocenters. The van der Waals surface area contributed by atoms with E-state index in [0.29, 0.717) is 5.41 Å². The van der Waals surface area contributed by atoms with Crippen molar-refractivity contribution in [2.45, 2.75) is 45.6 Å². The molecule has 0 unspecified atom stereocenters. The third-order valence-electron chi connectivity index (χ3n) is 3.71. The smallest absolute Gasteiger partial charge is 0.0196 e. The minimum atomic E-state index is 0.343. The fourth-order valence-electron chi connectivity index (χ4n) is 2.56. The molecular weight excluding hydrogens is 172 g/mol. The van der Waals surface area contributed by atoms with Crippen LogP contribution in [0.4, 0.5) is 0 Å². The molecule has 1 fully saturated rings. The van der Waals surface area contributed by atoms with E-state index in [9.17, 15) is 0 Å². The first-order chi connectivity index (χ1) is 6.64. The lowest BCUT2D eigenvalue weighted by atomic mass is 9.96. The summed E-state index contributed by atoms with van der Waals surface area (Å²) >= 11 is 0. The molecule has 1 aliphatic rings. The summed E-state index contributed by atoms with van der Waals surface area (Å²) in [6.45, 7) is 8.49. The Morgan fingerprint density at radius 2 is 2.07 bits per heavy atom. The standard InChI is InChI=1S/C12H20N2/c1-4-14-9(2)7-11(10(14)3)12(8-13)5-6-12/h7H,4-6,8,13H2,1-3H3. The van der Waals surface area contributed by atoms with Crippen LogP contribution in [0.3, 0.4) is 0 Å². The van der Waals surface area contributed by atoms with E-state index in [1.807, 2.05) is 0 Å². The quantitative estimate of drug-likeness (QED) is 0.781. The van der Waals surface area contributed by atoms with Gasteiger partial charge in [-0.2, -0.15) is 0 Å². The van der Waals surface area contributed by atoms with Gasteiger partial charge in [-0.1, -0.05) is 0 Å². The van der Waals surface area contributed by atoms with Crippen LogP contribution in [-0.2, 0) is 12.0 Å². The predicted molar refractivity (Wildman–Crippen MR) is 59.5 cm³/mol. The molecule has 1 saturated carbocycles. The summed E-state index contributed by atoms with van der Waals surface area (Å²) in [5.74, 6) is 0. The van der Waals surface area contributed by atoms with Crippen molar-refractivity contribution >= 4 is 0 Å². The van der Waals surface area contributed by atoms with Crippen molar-refractivity contribution in [2.75, 3.05) is 6.54 Å². The van der Waals surface area contributed by atoms with E-state index in [0.717, 1.165) is 13.1 Å². The lowest BCUT2D eigenvalue weighted by molar-refractivity contribution is 0.673. The van der Waals surface area contributed by atoms with E-state index in [1.165, 1.54) is 29.8 Å². The van der Waals surface area contributed by atoms with Crippen LogP contribution >= 0.6 is 0 Å². The average molecular weight is 192 g/mol. The molecule has 0 spiro atoms. The zero-order valence-corrected chi connectivity index (χ0v) is 9.43. The van der Waals surface area contributed by atoms with Crippen molar-refractivity contribution < 1.29 is 0 Å². The maximum absolute atomic E-state index is 5.86. The molecule has 0 aromatic carbocycles. The third-order valence-corrected chi connectivity index (χ3v) is 3.71. The maximum Gasteiger partial charge on any atom is 0.0196 e. The Kier molecular flexibility index (Phi) is 2.18. The molecule has 0 bridgehead atoms. The molecule has 2 rings (SSSR count). The Hall–Kier alpha value is -0.760. The molecule has 2 nitrogen and oxygen atoms in total. The first-order valence-corrected chi connectivity index (χ1v) is 5.52. The van der Waals surface area contributed by atoms with E-state index < -0.39 is 0 Å². The lowest BCUT2D eigenvalue weighted by Gasteiger charge is -2.13. The Bertz CT molecular complexity index is 345. The molecule has 1 heterocycles. The number of nitrogens with two attached hydrogens (primary N) is 1. The second-order valence-corrected chi connectivity index (χ2v) is 4.51. The van der Waals surface area contributed by atoms with Gasteiger partial charge in [0, 0.05) is 29.9 Å².